The number of aryl methyl sites for hydroxylation is 2. The summed E-state index contributed by atoms with van der Waals surface area (Å²) in [5.74, 6) is 0. The number of benzene rings is 2. The minimum atomic E-state index is 0.147. The zero-order valence-corrected chi connectivity index (χ0v) is 15.6. The molecule has 1 N–H and O–H groups in total. The zero-order valence-electron chi connectivity index (χ0n) is 12.7. The van der Waals surface area contributed by atoms with Gasteiger partial charge in [0.1, 0.15) is 0 Å². The van der Waals surface area contributed by atoms with Crippen LogP contribution in [0.4, 0.5) is 0 Å². The molecule has 1 unspecified atom stereocenters. The molecule has 3 heteroatoms. The Labute approximate surface area is 146 Å². The second-order valence-corrected chi connectivity index (χ2v) is 7.05. The van der Waals surface area contributed by atoms with E-state index < -0.39 is 0 Å². The van der Waals surface area contributed by atoms with E-state index in [1.54, 1.807) is 0 Å². The fourth-order valence-electron chi connectivity index (χ4n) is 2.38. The standard InChI is InChI=1S/C18H21ClIN/c1-4-9-21-18(14-5-7-15(20)8-6-14)16-10-12(2)13(3)11-17(16)19/h5-8,10-11,18,21H,4,9H2,1-3H3. The van der Waals surface area contributed by atoms with E-state index >= 15 is 0 Å². The van der Waals surface area contributed by atoms with Crippen molar-refractivity contribution < 1.29 is 0 Å². The molecule has 2 aromatic rings. The maximum atomic E-state index is 6.51. The first kappa shape index (κ1) is 16.8. The average molecular weight is 414 g/mol. The van der Waals surface area contributed by atoms with E-state index in [2.05, 4.69) is 85.1 Å². The van der Waals surface area contributed by atoms with Crippen LogP contribution in [0.3, 0.4) is 0 Å². The van der Waals surface area contributed by atoms with Gasteiger partial charge in [0.2, 0.25) is 0 Å². The molecular formula is C18H21ClIN. The van der Waals surface area contributed by atoms with Gasteiger partial charge in [-0.05, 0) is 89.9 Å². The Morgan fingerprint density at radius 1 is 1.10 bits per heavy atom. The van der Waals surface area contributed by atoms with Gasteiger partial charge in [0.15, 0.2) is 0 Å². The van der Waals surface area contributed by atoms with Gasteiger partial charge in [-0.1, -0.05) is 36.7 Å². The fraction of sp³-hybridized carbons (Fsp3) is 0.333. The van der Waals surface area contributed by atoms with E-state index in [1.165, 1.54) is 20.3 Å². The number of hydrogen-bond acceptors (Lipinski definition) is 1. The largest absolute Gasteiger partial charge is 0.306 e. The van der Waals surface area contributed by atoms with Crippen LogP contribution in [0.1, 0.15) is 41.6 Å². The number of halogens is 2. The fourth-order valence-corrected chi connectivity index (χ4v) is 3.06. The molecule has 112 valence electrons. The van der Waals surface area contributed by atoms with Crippen molar-refractivity contribution in [2.45, 2.75) is 33.2 Å². The van der Waals surface area contributed by atoms with Crippen LogP contribution in [0, 0.1) is 17.4 Å². The summed E-state index contributed by atoms with van der Waals surface area (Å²) in [5, 5.41) is 4.46. The highest BCUT2D eigenvalue weighted by molar-refractivity contribution is 14.1. The van der Waals surface area contributed by atoms with Crippen molar-refractivity contribution in [1.82, 2.24) is 5.32 Å². The van der Waals surface area contributed by atoms with Crippen molar-refractivity contribution in [2.24, 2.45) is 0 Å². The van der Waals surface area contributed by atoms with Crippen molar-refractivity contribution in [3.8, 4) is 0 Å². The van der Waals surface area contributed by atoms with E-state index in [0.29, 0.717) is 0 Å². The molecule has 0 aromatic heterocycles. The van der Waals surface area contributed by atoms with Gasteiger partial charge in [-0.25, -0.2) is 0 Å². The lowest BCUT2D eigenvalue weighted by molar-refractivity contribution is 0.598. The summed E-state index contributed by atoms with van der Waals surface area (Å²) in [7, 11) is 0. The van der Waals surface area contributed by atoms with Gasteiger partial charge in [-0.15, -0.1) is 0 Å². The van der Waals surface area contributed by atoms with Gasteiger partial charge in [0, 0.05) is 8.59 Å². The lowest BCUT2D eigenvalue weighted by atomic mass is 9.95. The first-order valence-corrected chi connectivity index (χ1v) is 8.74. The molecule has 0 bridgehead atoms. The van der Waals surface area contributed by atoms with Crippen molar-refractivity contribution in [1.29, 1.82) is 0 Å². The maximum absolute atomic E-state index is 6.51. The highest BCUT2D eigenvalue weighted by Gasteiger charge is 2.17. The summed E-state index contributed by atoms with van der Waals surface area (Å²) in [4.78, 5) is 0. The van der Waals surface area contributed by atoms with E-state index in [0.717, 1.165) is 23.6 Å². The van der Waals surface area contributed by atoms with Crippen LogP contribution in [0.2, 0.25) is 5.02 Å². The van der Waals surface area contributed by atoms with Crippen molar-refractivity contribution in [2.75, 3.05) is 6.54 Å². The van der Waals surface area contributed by atoms with Crippen molar-refractivity contribution in [3.63, 3.8) is 0 Å². The van der Waals surface area contributed by atoms with Gasteiger partial charge >= 0.3 is 0 Å². The highest BCUT2D eigenvalue weighted by Crippen LogP contribution is 2.31. The first-order chi connectivity index (χ1) is 10.0. The Hall–Kier alpha value is -0.580. The molecule has 0 radical (unpaired) electrons. The molecule has 0 spiro atoms. The topological polar surface area (TPSA) is 12.0 Å². The molecule has 0 aliphatic heterocycles. The van der Waals surface area contributed by atoms with Gasteiger partial charge < -0.3 is 5.32 Å². The smallest absolute Gasteiger partial charge is 0.0591 e. The van der Waals surface area contributed by atoms with Gasteiger partial charge in [-0.3, -0.25) is 0 Å². The Morgan fingerprint density at radius 2 is 1.71 bits per heavy atom. The van der Waals surface area contributed by atoms with Crippen LogP contribution in [0.15, 0.2) is 36.4 Å². The van der Waals surface area contributed by atoms with Crippen LogP contribution in [-0.2, 0) is 0 Å². The summed E-state index contributed by atoms with van der Waals surface area (Å²) in [6.07, 6.45) is 1.10. The molecule has 0 saturated carbocycles. The summed E-state index contributed by atoms with van der Waals surface area (Å²) >= 11 is 8.85. The number of rotatable bonds is 5. The summed E-state index contributed by atoms with van der Waals surface area (Å²) in [6.45, 7) is 7.39. The van der Waals surface area contributed by atoms with Crippen LogP contribution < -0.4 is 5.32 Å². The Bertz CT molecular complexity index is 607. The molecule has 0 aliphatic rings. The third kappa shape index (κ3) is 4.21. The van der Waals surface area contributed by atoms with Gasteiger partial charge in [-0.2, -0.15) is 0 Å². The van der Waals surface area contributed by atoms with Crippen molar-refractivity contribution >= 4 is 34.2 Å². The van der Waals surface area contributed by atoms with Crippen LogP contribution in [0.5, 0.6) is 0 Å². The predicted octanol–water partition coefficient (Wildman–Crippen LogP) is 5.65. The number of hydrogen-bond donors (Lipinski definition) is 1. The Balaban J connectivity index is 2.45. The molecule has 21 heavy (non-hydrogen) atoms. The van der Waals surface area contributed by atoms with E-state index in [4.69, 9.17) is 11.6 Å². The minimum Gasteiger partial charge on any atom is -0.306 e. The second-order valence-electron chi connectivity index (χ2n) is 5.40. The SMILES string of the molecule is CCCNC(c1ccc(I)cc1)c1cc(C)c(C)cc1Cl. The molecule has 2 rings (SSSR count). The van der Waals surface area contributed by atoms with Crippen LogP contribution in [0.25, 0.3) is 0 Å². The summed E-state index contributed by atoms with van der Waals surface area (Å²) in [5.41, 5.74) is 4.94. The van der Waals surface area contributed by atoms with E-state index in [9.17, 15) is 0 Å². The third-order valence-corrected chi connectivity index (χ3v) is 4.77. The molecule has 1 atom stereocenters. The third-order valence-electron chi connectivity index (χ3n) is 3.73. The molecule has 0 heterocycles. The van der Waals surface area contributed by atoms with E-state index in [-0.39, 0.29) is 6.04 Å². The van der Waals surface area contributed by atoms with Gasteiger partial charge in [0.25, 0.3) is 0 Å². The number of nitrogens with one attached hydrogen (secondary N) is 1. The quantitative estimate of drug-likeness (QED) is 0.625. The van der Waals surface area contributed by atoms with Crippen molar-refractivity contribution in [3.05, 3.63) is 67.2 Å². The molecular weight excluding hydrogens is 393 g/mol. The minimum absolute atomic E-state index is 0.147. The predicted molar refractivity (Wildman–Crippen MR) is 100 cm³/mol. The lowest BCUT2D eigenvalue weighted by Crippen LogP contribution is -2.23. The average Bonchev–Trinajstić information content (AvgIpc) is 2.46. The summed E-state index contributed by atoms with van der Waals surface area (Å²) < 4.78 is 1.25. The summed E-state index contributed by atoms with van der Waals surface area (Å²) in [6, 6.07) is 13.1. The second kappa shape index (κ2) is 7.61. The molecule has 0 aliphatic carbocycles. The molecule has 1 nitrogen and oxygen atoms in total. The highest BCUT2D eigenvalue weighted by atomic mass is 127. The normalized spacial score (nSPS) is 12.4. The Kier molecular flexibility index (Phi) is 6.08. The van der Waals surface area contributed by atoms with Crippen LogP contribution in [-0.4, -0.2) is 6.54 Å². The molecule has 0 fully saturated rings. The molecule has 0 amide bonds. The van der Waals surface area contributed by atoms with E-state index in [1.807, 2.05) is 0 Å². The lowest BCUT2D eigenvalue weighted by Gasteiger charge is -2.22. The first-order valence-electron chi connectivity index (χ1n) is 7.28. The maximum Gasteiger partial charge on any atom is 0.0591 e. The molecule has 2 aromatic carbocycles. The van der Waals surface area contributed by atoms with Gasteiger partial charge in [0.05, 0.1) is 6.04 Å². The Morgan fingerprint density at radius 3 is 2.33 bits per heavy atom. The van der Waals surface area contributed by atoms with Crippen LogP contribution >= 0.6 is 34.2 Å². The molecule has 0 saturated heterocycles. The monoisotopic (exact) mass is 413 g/mol. The zero-order chi connectivity index (χ0) is 15.4.